The molecule has 0 radical (unpaired) electrons. The van der Waals surface area contributed by atoms with Crippen molar-refractivity contribution in [3.8, 4) is 0 Å². The summed E-state index contributed by atoms with van der Waals surface area (Å²) in [5, 5.41) is 3.00. The Bertz CT molecular complexity index is 461. The fourth-order valence-corrected chi connectivity index (χ4v) is 3.01. The van der Waals surface area contributed by atoms with Gasteiger partial charge in [0.05, 0.1) is 6.54 Å². The Balaban J connectivity index is 1.93. The molecule has 4 heteroatoms. The van der Waals surface area contributed by atoms with Gasteiger partial charge >= 0.3 is 0 Å². The van der Waals surface area contributed by atoms with Crippen molar-refractivity contribution >= 4 is 27.5 Å². The molecule has 104 valence electrons. The number of hydrogen-bond donors (Lipinski definition) is 1. The Hall–Kier alpha value is -0.870. The first kappa shape index (κ1) is 14.5. The number of carbonyl (C=O) groups is 1. The third-order valence-corrected chi connectivity index (χ3v) is 4.24. The molecule has 3 nitrogen and oxygen atoms in total. The molecule has 0 spiro atoms. The van der Waals surface area contributed by atoms with Crippen molar-refractivity contribution in [2.24, 2.45) is 0 Å². The zero-order valence-corrected chi connectivity index (χ0v) is 13.2. The van der Waals surface area contributed by atoms with Crippen LogP contribution in [-0.4, -0.2) is 29.9 Å². The monoisotopic (exact) mass is 324 g/mol. The predicted molar refractivity (Wildman–Crippen MR) is 82.4 cm³/mol. The molecule has 2 rings (SSSR count). The van der Waals surface area contributed by atoms with E-state index in [0.717, 1.165) is 22.3 Å². The SMILES string of the molecule is Cc1cc(Br)ccc1NC(=O)CN1CCCC[C@@H]1C. The Kier molecular flexibility index (Phi) is 4.99. The normalized spacial score (nSPS) is 20.3. The highest BCUT2D eigenvalue weighted by Crippen LogP contribution is 2.20. The minimum Gasteiger partial charge on any atom is -0.325 e. The number of amides is 1. The maximum Gasteiger partial charge on any atom is 0.238 e. The van der Waals surface area contributed by atoms with Gasteiger partial charge in [0.2, 0.25) is 5.91 Å². The van der Waals surface area contributed by atoms with Gasteiger partial charge in [0.1, 0.15) is 0 Å². The van der Waals surface area contributed by atoms with Gasteiger partial charge in [-0.1, -0.05) is 22.4 Å². The number of halogens is 1. The molecule has 1 saturated heterocycles. The predicted octanol–water partition coefficient (Wildman–Crippen LogP) is 3.57. The Morgan fingerprint density at radius 3 is 2.95 bits per heavy atom. The van der Waals surface area contributed by atoms with Gasteiger partial charge in [-0.2, -0.15) is 0 Å². The summed E-state index contributed by atoms with van der Waals surface area (Å²) in [5.41, 5.74) is 1.98. The van der Waals surface area contributed by atoms with Crippen LogP contribution in [0.3, 0.4) is 0 Å². The summed E-state index contributed by atoms with van der Waals surface area (Å²) >= 11 is 3.43. The van der Waals surface area contributed by atoms with Crippen LogP contribution < -0.4 is 5.32 Å². The van der Waals surface area contributed by atoms with Crippen LogP contribution >= 0.6 is 15.9 Å². The highest BCUT2D eigenvalue weighted by atomic mass is 79.9. The van der Waals surface area contributed by atoms with Gasteiger partial charge in [-0.05, 0) is 57.0 Å². The van der Waals surface area contributed by atoms with E-state index in [1.165, 1.54) is 19.3 Å². The van der Waals surface area contributed by atoms with Crippen molar-refractivity contribution in [2.45, 2.75) is 39.2 Å². The van der Waals surface area contributed by atoms with Gasteiger partial charge in [0, 0.05) is 16.2 Å². The number of nitrogens with one attached hydrogen (secondary N) is 1. The lowest BCUT2D eigenvalue weighted by Crippen LogP contribution is -2.42. The number of rotatable bonds is 3. The zero-order chi connectivity index (χ0) is 13.8. The Morgan fingerprint density at radius 2 is 2.26 bits per heavy atom. The first-order valence-corrected chi connectivity index (χ1v) is 7.65. The molecule has 1 N–H and O–H groups in total. The van der Waals surface area contributed by atoms with E-state index in [9.17, 15) is 4.79 Å². The molecular weight excluding hydrogens is 304 g/mol. The van der Waals surface area contributed by atoms with E-state index in [2.05, 4.69) is 33.1 Å². The third-order valence-electron chi connectivity index (χ3n) is 3.75. The number of hydrogen-bond acceptors (Lipinski definition) is 2. The van der Waals surface area contributed by atoms with Gasteiger partial charge in [0.25, 0.3) is 0 Å². The van der Waals surface area contributed by atoms with Crippen LogP contribution in [0.25, 0.3) is 0 Å². The second-order valence-electron chi connectivity index (χ2n) is 5.32. The molecule has 19 heavy (non-hydrogen) atoms. The number of likely N-dealkylation sites (tertiary alicyclic amines) is 1. The van der Waals surface area contributed by atoms with Crippen LogP contribution in [0.15, 0.2) is 22.7 Å². The first-order chi connectivity index (χ1) is 9.06. The van der Waals surface area contributed by atoms with Crippen molar-refractivity contribution < 1.29 is 4.79 Å². The summed E-state index contributed by atoms with van der Waals surface area (Å²) < 4.78 is 1.03. The summed E-state index contributed by atoms with van der Waals surface area (Å²) in [5.74, 6) is 0.0826. The molecule has 1 aliphatic rings. The Labute approximate surface area is 123 Å². The van der Waals surface area contributed by atoms with E-state index < -0.39 is 0 Å². The van der Waals surface area contributed by atoms with Crippen molar-refractivity contribution in [2.75, 3.05) is 18.4 Å². The lowest BCUT2D eigenvalue weighted by Gasteiger charge is -2.32. The largest absolute Gasteiger partial charge is 0.325 e. The van der Waals surface area contributed by atoms with Gasteiger partial charge in [-0.15, -0.1) is 0 Å². The molecule has 1 fully saturated rings. The maximum absolute atomic E-state index is 12.1. The molecule has 1 aliphatic heterocycles. The van der Waals surface area contributed by atoms with Gasteiger partial charge in [-0.25, -0.2) is 0 Å². The Morgan fingerprint density at radius 1 is 1.47 bits per heavy atom. The minimum absolute atomic E-state index is 0.0826. The van der Waals surface area contributed by atoms with Crippen LogP contribution in [0.2, 0.25) is 0 Å². The van der Waals surface area contributed by atoms with E-state index in [4.69, 9.17) is 0 Å². The lowest BCUT2D eigenvalue weighted by molar-refractivity contribution is -0.118. The standard InChI is InChI=1S/C15H21BrN2O/c1-11-9-13(16)6-7-14(11)17-15(19)10-18-8-4-3-5-12(18)2/h6-7,9,12H,3-5,8,10H2,1-2H3,(H,17,19)/t12-/m0/s1. The molecule has 0 saturated carbocycles. The first-order valence-electron chi connectivity index (χ1n) is 6.86. The van der Waals surface area contributed by atoms with E-state index in [1.807, 2.05) is 25.1 Å². The average molecular weight is 325 g/mol. The molecule has 1 amide bonds. The van der Waals surface area contributed by atoms with Gasteiger partial charge in [-0.3, -0.25) is 9.69 Å². The summed E-state index contributed by atoms with van der Waals surface area (Å²) in [7, 11) is 0. The van der Waals surface area contributed by atoms with Crippen molar-refractivity contribution in [3.63, 3.8) is 0 Å². The molecule has 1 heterocycles. The number of aryl methyl sites for hydroxylation is 1. The van der Waals surface area contributed by atoms with E-state index >= 15 is 0 Å². The summed E-state index contributed by atoms with van der Waals surface area (Å²) in [6.07, 6.45) is 3.69. The second kappa shape index (κ2) is 6.53. The van der Waals surface area contributed by atoms with Crippen molar-refractivity contribution in [3.05, 3.63) is 28.2 Å². The molecule has 0 bridgehead atoms. The topological polar surface area (TPSA) is 32.3 Å². The molecule has 0 unspecified atom stereocenters. The van der Waals surface area contributed by atoms with E-state index in [1.54, 1.807) is 0 Å². The number of carbonyl (C=O) groups excluding carboxylic acids is 1. The third kappa shape index (κ3) is 4.05. The highest BCUT2D eigenvalue weighted by Gasteiger charge is 2.20. The fraction of sp³-hybridized carbons (Fsp3) is 0.533. The molecule has 0 aromatic heterocycles. The van der Waals surface area contributed by atoms with E-state index in [0.29, 0.717) is 12.6 Å². The van der Waals surface area contributed by atoms with Crippen LogP contribution in [0.5, 0.6) is 0 Å². The zero-order valence-electron chi connectivity index (χ0n) is 11.6. The van der Waals surface area contributed by atoms with Gasteiger partial charge < -0.3 is 5.32 Å². The highest BCUT2D eigenvalue weighted by molar-refractivity contribution is 9.10. The number of piperidine rings is 1. The fourth-order valence-electron chi connectivity index (χ4n) is 2.53. The number of benzene rings is 1. The van der Waals surface area contributed by atoms with Crippen LogP contribution in [0, 0.1) is 6.92 Å². The van der Waals surface area contributed by atoms with Gasteiger partial charge in [0.15, 0.2) is 0 Å². The minimum atomic E-state index is 0.0826. The summed E-state index contributed by atoms with van der Waals surface area (Å²) in [6, 6.07) is 6.42. The lowest BCUT2D eigenvalue weighted by atomic mass is 10.0. The van der Waals surface area contributed by atoms with Crippen molar-refractivity contribution in [1.29, 1.82) is 0 Å². The molecule has 1 aromatic carbocycles. The number of nitrogens with zero attached hydrogens (tertiary/aromatic N) is 1. The quantitative estimate of drug-likeness (QED) is 0.921. The smallest absolute Gasteiger partial charge is 0.238 e. The second-order valence-corrected chi connectivity index (χ2v) is 6.24. The van der Waals surface area contributed by atoms with Crippen LogP contribution in [0.1, 0.15) is 31.7 Å². The summed E-state index contributed by atoms with van der Waals surface area (Å²) in [6.45, 7) is 5.74. The van der Waals surface area contributed by atoms with Crippen LogP contribution in [0.4, 0.5) is 5.69 Å². The molecule has 0 aliphatic carbocycles. The number of anilines is 1. The average Bonchev–Trinajstić information content (AvgIpc) is 2.36. The maximum atomic E-state index is 12.1. The molecule has 1 aromatic rings. The summed E-state index contributed by atoms with van der Waals surface area (Å²) in [4.78, 5) is 14.4. The van der Waals surface area contributed by atoms with E-state index in [-0.39, 0.29) is 5.91 Å². The molecule has 1 atom stereocenters. The van der Waals surface area contributed by atoms with Crippen LogP contribution in [-0.2, 0) is 4.79 Å². The molecular formula is C15H21BrN2O. The van der Waals surface area contributed by atoms with Crippen molar-refractivity contribution in [1.82, 2.24) is 4.90 Å².